The largest absolute Gasteiger partial charge is 0.334 e. The van der Waals surface area contributed by atoms with Gasteiger partial charge in [-0.15, -0.1) is 0 Å². The Morgan fingerprint density at radius 2 is 2.54 bits per heavy atom. The van der Waals surface area contributed by atoms with Crippen LogP contribution in [0.2, 0.25) is 0 Å². The van der Waals surface area contributed by atoms with Gasteiger partial charge in [0.2, 0.25) is 0 Å². The molecule has 1 atom stereocenters. The average molecular weight is 179 g/mol. The summed E-state index contributed by atoms with van der Waals surface area (Å²) in [6.07, 6.45) is 7.83. The molecule has 1 aromatic heterocycles. The molecule has 1 saturated heterocycles. The SMILES string of the molecule is CCn1ccnc1C1CCCCN1. The van der Waals surface area contributed by atoms with Crippen LogP contribution in [0.4, 0.5) is 0 Å². The molecule has 2 rings (SSSR count). The molecule has 0 aromatic carbocycles. The molecule has 1 aliphatic heterocycles. The van der Waals surface area contributed by atoms with E-state index in [-0.39, 0.29) is 0 Å². The van der Waals surface area contributed by atoms with Crippen LogP contribution in [0.1, 0.15) is 38.1 Å². The molecule has 0 bridgehead atoms. The number of nitrogens with zero attached hydrogens (tertiary/aromatic N) is 2. The minimum absolute atomic E-state index is 0.490. The Morgan fingerprint density at radius 1 is 1.62 bits per heavy atom. The highest BCUT2D eigenvalue weighted by Gasteiger charge is 2.18. The van der Waals surface area contributed by atoms with Gasteiger partial charge in [-0.3, -0.25) is 0 Å². The Bertz CT molecular complexity index is 261. The average Bonchev–Trinajstić information content (AvgIpc) is 2.67. The van der Waals surface area contributed by atoms with Gasteiger partial charge in [0.1, 0.15) is 5.82 Å². The molecule has 3 heteroatoms. The van der Waals surface area contributed by atoms with Crippen molar-refractivity contribution in [2.45, 2.75) is 38.8 Å². The molecule has 2 heterocycles. The number of imidazole rings is 1. The first-order valence-corrected chi connectivity index (χ1v) is 5.16. The lowest BCUT2D eigenvalue weighted by atomic mass is 10.0. The second-order valence-corrected chi connectivity index (χ2v) is 3.57. The van der Waals surface area contributed by atoms with Crippen LogP contribution in [-0.4, -0.2) is 16.1 Å². The molecule has 0 saturated carbocycles. The van der Waals surface area contributed by atoms with Gasteiger partial charge < -0.3 is 9.88 Å². The highest BCUT2D eigenvalue weighted by atomic mass is 15.1. The van der Waals surface area contributed by atoms with Gasteiger partial charge in [0.25, 0.3) is 0 Å². The monoisotopic (exact) mass is 179 g/mol. The van der Waals surface area contributed by atoms with Crippen LogP contribution in [0.3, 0.4) is 0 Å². The van der Waals surface area contributed by atoms with E-state index >= 15 is 0 Å². The standard InChI is InChI=1S/C10H17N3/c1-2-13-8-7-12-10(13)9-5-3-4-6-11-9/h7-9,11H,2-6H2,1H3. The molecule has 0 amide bonds. The minimum atomic E-state index is 0.490. The number of piperidine rings is 1. The van der Waals surface area contributed by atoms with Crippen molar-refractivity contribution in [1.29, 1.82) is 0 Å². The summed E-state index contributed by atoms with van der Waals surface area (Å²) in [6, 6.07) is 0.490. The third-order valence-electron chi connectivity index (χ3n) is 2.71. The second kappa shape index (κ2) is 3.92. The van der Waals surface area contributed by atoms with Gasteiger partial charge in [0, 0.05) is 18.9 Å². The molecule has 3 nitrogen and oxygen atoms in total. The summed E-state index contributed by atoms with van der Waals surface area (Å²) in [5.74, 6) is 1.21. The van der Waals surface area contributed by atoms with E-state index in [0.717, 1.165) is 13.1 Å². The molecule has 1 aromatic rings. The fraction of sp³-hybridized carbons (Fsp3) is 0.700. The summed E-state index contributed by atoms with van der Waals surface area (Å²) in [6.45, 7) is 4.32. The van der Waals surface area contributed by atoms with Gasteiger partial charge in [-0.25, -0.2) is 4.98 Å². The highest BCUT2D eigenvalue weighted by Crippen LogP contribution is 2.21. The Hall–Kier alpha value is -0.830. The Balaban J connectivity index is 2.13. The lowest BCUT2D eigenvalue weighted by Gasteiger charge is -2.23. The van der Waals surface area contributed by atoms with E-state index in [2.05, 4.69) is 28.0 Å². The molecule has 0 radical (unpaired) electrons. The van der Waals surface area contributed by atoms with Crippen molar-refractivity contribution >= 4 is 0 Å². The summed E-state index contributed by atoms with van der Waals surface area (Å²) < 4.78 is 2.23. The van der Waals surface area contributed by atoms with E-state index < -0.39 is 0 Å². The van der Waals surface area contributed by atoms with E-state index in [1.165, 1.54) is 25.1 Å². The predicted molar refractivity (Wildman–Crippen MR) is 52.5 cm³/mol. The van der Waals surface area contributed by atoms with Crippen molar-refractivity contribution in [2.75, 3.05) is 6.54 Å². The first-order chi connectivity index (χ1) is 6.42. The maximum absolute atomic E-state index is 4.41. The van der Waals surface area contributed by atoms with Crippen LogP contribution >= 0.6 is 0 Å². The zero-order valence-corrected chi connectivity index (χ0v) is 8.16. The van der Waals surface area contributed by atoms with Crippen LogP contribution in [0.15, 0.2) is 12.4 Å². The van der Waals surface area contributed by atoms with E-state index in [1.54, 1.807) is 0 Å². The highest BCUT2D eigenvalue weighted by molar-refractivity contribution is 5.00. The van der Waals surface area contributed by atoms with Crippen LogP contribution in [-0.2, 0) is 6.54 Å². The Kier molecular flexibility index (Phi) is 2.64. The molecule has 1 fully saturated rings. The van der Waals surface area contributed by atoms with Crippen LogP contribution in [0.5, 0.6) is 0 Å². The summed E-state index contributed by atoms with van der Waals surface area (Å²) in [4.78, 5) is 4.41. The van der Waals surface area contributed by atoms with E-state index in [9.17, 15) is 0 Å². The topological polar surface area (TPSA) is 29.9 Å². The molecular weight excluding hydrogens is 162 g/mol. The molecule has 13 heavy (non-hydrogen) atoms. The van der Waals surface area contributed by atoms with Crippen LogP contribution in [0, 0.1) is 0 Å². The van der Waals surface area contributed by atoms with Crippen molar-refractivity contribution in [2.24, 2.45) is 0 Å². The Labute approximate surface area is 79.2 Å². The quantitative estimate of drug-likeness (QED) is 0.749. The zero-order valence-electron chi connectivity index (χ0n) is 8.16. The number of aromatic nitrogens is 2. The first kappa shape index (κ1) is 8.75. The summed E-state index contributed by atoms with van der Waals surface area (Å²) in [5, 5.41) is 3.51. The van der Waals surface area contributed by atoms with Gasteiger partial charge in [-0.2, -0.15) is 0 Å². The fourth-order valence-electron chi connectivity index (χ4n) is 1.97. The summed E-state index contributed by atoms with van der Waals surface area (Å²) in [5.41, 5.74) is 0. The minimum Gasteiger partial charge on any atom is -0.334 e. The number of hydrogen-bond donors (Lipinski definition) is 1. The molecule has 0 aliphatic carbocycles. The number of nitrogens with one attached hydrogen (secondary N) is 1. The molecule has 1 N–H and O–H groups in total. The fourth-order valence-corrected chi connectivity index (χ4v) is 1.97. The number of aryl methyl sites for hydroxylation is 1. The molecular formula is C10H17N3. The predicted octanol–water partition coefficient (Wildman–Crippen LogP) is 1.72. The van der Waals surface area contributed by atoms with Gasteiger partial charge in [-0.05, 0) is 26.3 Å². The van der Waals surface area contributed by atoms with Gasteiger partial charge in [0.15, 0.2) is 0 Å². The smallest absolute Gasteiger partial charge is 0.125 e. The molecule has 1 aliphatic rings. The Morgan fingerprint density at radius 3 is 3.23 bits per heavy atom. The maximum Gasteiger partial charge on any atom is 0.125 e. The molecule has 0 spiro atoms. The third-order valence-corrected chi connectivity index (χ3v) is 2.71. The van der Waals surface area contributed by atoms with E-state index in [4.69, 9.17) is 0 Å². The normalized spacial score (nSPS) is 23.3. The van der Waals surface area contributed by atoms with Crippen LogP contribution < -0.4 is 5.32 Å². The summed E-state index contributed by atoms with van der Waals surface area (Å²) in [7, 11) is 0. The maximum atomic E-state index is 4.41. The lowest BCUT2D eigenvalue weighted by molar-refractivity contribution is 0.386. The third kappa shape index (κ3) is 1.75. The van der Waals surface area contributed by atoms with E-state index in [1.807, 2.05) is 6.20 Å². The zero-order chi connectivity index (χ0) is 9.10. The molecule has 72 valence electrons. The van der Waals surface area contributed by atoms with Crippen molar-refractivity contribution in [3.05, 3.63) is 18.2 Å². The first-order valence-electron chi connectivity index (χ1n) is 5.16. The van der Waals surface area contributed by atoms with Crippen LogP contribution in [0.25, 0.3) is 0 Å². The lowest BCUT2D eigenvalue weighted by Crippen LogP contribution is -2.29. The summed E-state index contributed by atoms with van der Waals surface area (Å²) >= 11 is 0. The van der Waals surface area contributed by atoms with Crippen molar-refractivity contribution in [3.63, 3.8) is 0 Å². The van der Waals surface area contributed by atoms with Gasteiger partial charge in [0.05, 0.1) is 6.04 Å². The number of hydrogen-bond acceptors (Lipinski definition) is 2. The van der Waals surface area contributed by atoms with Crippen molar-refractivity contribution in [1.82, 2.24) is 14.9 Å². The molecule has 1 unspecified atom stereocenters. The van der Waals surface area contributed by atoms with Crippen molar-refractivity contribution < 1.29 is 0 Å². The van der Waals surface area contributed by atoms with Crippen molar-refractivity contribution in [3.8, 4) is 0 Å². The number of rotatable bonds is 2. The van der Waals surface area contributed by atoms with Gasteiger partial charge >= 0.3 is 0 Å². The second-order valence-electron chi connectivity index (χ2n) is 3.57. The van der Waals surface area contributed by atoms with Gasteiger partial charge in [-0.1, -0.05) is 6.42 Å². The van der Waals surface area contributed by atoms with E-state index in [0.29, 0.717) is 6.04 Å².